The van der Waals surface area contributed by atoms with Gasteiger partial charge < -0.3 is 24.8 Å². The summed E-state index contributed by atoms with van der Waals surface area (Å²) in [6, 6.07) is 11.7. The molecule has 0 bridgehead atoms. The standard InChI is InChI=1S/C24H27ClN2O5/c1-5-30-20-12-17(9-10-19(20)31-13-16-7-6-8-18(25)11-16)22-21(23(28)32-14(2)3)15(4)26-24(29)27-22/h6-12,14,22H,5,13H2,1-4H3,(H2,26,27,29). The number of hydrogen-bond donors (Lipinski definition) is 2. The quantitative estimate of drug-likeness (QED) is 0.549. The summed E-state index contributed by atoms with van der Waals surface area (Å²) in [4.78, 5) is 24.9. The lowest BCUT2D eigenvalue weighted by Gasteiger charge is -2.29. The lowest BCUT2D eigenvalue weighted by molar-refractivity contribution is -0.143. The zero-order valence-corrected chi connectivity index (χ0v) is 19.3. The molecule has 0 radical (unpaired) electrons. The molecule has 3 rings (SSSR count). The van der Waals surface area contributed by atoms with Crippen LogP contribution in [0.1, 0.15) is 44.9 Å². The van der Waals surface area contributed by atoms with Crippen LogP contribution in [0.4, 0.5) is 4.79 Å². The van der Waals surface area contributed by atoms with Gasteiger partial charge in [0.15, 0.2) is 11.5 Å². The van der Waals surface area contributed by atoms with Gasteiger partial charge in [-0.15, -0.1) is 0 Å². The van der Waals surface area contributed by atoms with E-state index in [1.807, 2.05) is 25.1 Å². The van der Waals surface area contributed by atoms with Gasteiger partial charge in [0, 0.05) is 10.7 Å². The molecule has 0 spiro atoms. The SMILES string of the molecule is CCOc1cc(C2NC(=O)NC(C)=C2C(=O)OC(C)C)ccc1OCc1cccc(Cl)c1. The minimum atomic E-state index is -0.684. The molecular formula is C24H27ClN2O5. The van der Waals surface area contributed by atoms with Crippen molar-refractivity contribution in [1.29, 1.82) is 0 Å². The second kappa shape index (κ2) is 10.4. The maximum absolute atomic E-state index is 12.7. The highest BCUT2D eigenvalue weighted by molar-refractivity contribution is 6.30. The van der Waals surface area contributed by atoms with E-state index >= 15 is 0 Å². The van der Waals surface area contributed by atoms with Crippen molar-refractivity contribution in [3.63, 3.8) is 0 Å². The number of amides is 2. The van der Waals surface area contributed by atoms with Crippen molar-refractivity contribution in [2.45, 2.75) is 46.4 Å². The summed E-state index contributed by atoms with van der Waals surface area (Å²) in [5.74, 6) is 0.561. The van der Waals surface area contributed by atoms with Crippen molar-refractivity contribution < 1.29 is 23.8 Å². The second-order valence-corrected chi connectivity index (χ2v) is 8.02. The fourth-order valence-corrected chi connectivity index (χ4v) is 3.58. The van der Waals surface area contributed by atoms with Crippen LogP contribution < -0.4 is 20.1 Å². The van der Waals surface area contributed by atoms with Crippen LogP contribution in [-0.2, 0) is 16.1 Å². The van der Waals surface area contributed by atoms with Crippen molar-refractivity contribution >= 4 is 23.6 Å². The van der Waals surface area contributed by atoms with E-state index in [-0.39, 0.29) is 6.10 Å². The number of carbonyl (C=O) groups excluding carboxylic acids is 2. The number of nitrogens with one attached hydrogen (secondary N) is 2. The number of ether oxygens (including phenoxy) is 3. The lowest BCUT2D eigenvalue weighted by atomic mass is 9.95. The third-order valence-corrected chi connectivity index (χ3v) is 4.95. The molecule has 1 unspecified atom stereocenters. The molecular weight excluding hydrogens is 432 g/mol. The molecule has 170 valence electrons. The molecule has 1 aliphatic heterocycles. The van der Waals surface area contributed by atoms with E-state index < -0.39 is 18.0 Å². The number of urea groups is 1. The average Bonchev–Trinajstić information content (AvgIpc) is 2.72. The highest BCUT2D eigenvalue weighted by Gasteiger charge is 2.33. The minimum Gasteiger partial charge on any atom is -0.490 e. The summed E-state index contributed by atoms with van der Waals surface area (Å²) >= 11 is 6.05. The summed E-state index contributed by atoms with van der Waals surface area (Å²) < 4.78 is 17.1. The molecule has 2 aromatic rings. The molecule has 1 heterocycles. The first-order valence-electron chi connectivity index (χ1n) is 10.4. The monoisotopic (exact) mass is 458 g/mol. The predicted octanol–water partition coefficient (Wildman–Crippen LogP) is 4.90. The molecule has 32 heavy (non-hydrogen) atoms. The summed E-state index contributed by atoms with van der Waals surface area (Å²) in [7, 11) is 0. The Kier molecular flexibility index (Phi) is 7.64. The number of hydrogen-bond acceptors (Lipinski definition) is 5. The second-order valence-electron chi connectivity index (χ2n) is 7.58. The lowest BCUT2D eigenvalue weighted by Crippen LogP contribution is -2.45. The van der Waals surface area contributed by atoms with Gasteiger partial charge >= 0.3 is 12.0 Å². The Hall–Kier alpha value is -3.19. The Bertz CT molecular complexity index is 1030. The average molecular weight is 459 g/mol. The first-order chi connectivity index (χ1) is 15.3. The van der Waals surface area contributed by atoms with Crippen LogP contribution in [-0.4, -0.2) is 24.7 Å². The first-order valence-corrected chi connectivity index (χ1v) is 10.8. The number of halogens is 1. The Morgan fingerprint density at radius 1 is 1.12 bits per heavy atom. The van der Waals surface area contributed by atoms with Crippen molar-refractivity contribution in [2.24, 2.45) is 0 Å². The van der Waals surface area contributed by atoms with Crippen LogP contribution in [0.5, 0.6) is 11.5 Å². The minimum absolute atomic E-state index is 0.290. The van der Waals surface area contributed by atoms with Crippen molar-refractivity contribution in [2.75, 3.05) is 6.61 Å². The highest BCUT2D eigenvalue weighted by atomic mass is 35.5. The van der Waals surface area contributed by atoms with Crippen molar-refractivity contribution in [3.05, 3.63) is 69.9 Å². The van der Waals surface area contributed by atoms with Gasteiger partial charge in [0.2, 0.25) is 0 Å². The van der Waals surface area contributed by atoms with E-state index in [4.69, 9.17) is 25.8 Å². The topological polar surface area (TPSA) is 85.9 Å². The Balaban J connectivity index is 1.90. The summed E-state index contributed by atoms with van der Waals surface area (Å²) in [5.41, 5.74) is 2.39. The molecule has 0 aliphatic carbocycles. The molecule has 0 saturated heterocycles. The molecule has 0 saturated carbocycles. The number of benzene rings is 2. The van der Waals surface area contributed by atoms with E-state index in [0.717, 1.165) is 5.56 Å². The Labute approximate surface area is 192 Å². The molecule has 8 heteroatoms. The predicted molar refractivity (Wildman–Crippen MR) is 122 cm³/mol. The van der Waals surface area contributed by atoms with E-state index in [0.29, 0.717) is 46.6 Å². The summed E-state index contributed by atoms with van der Waals surface area (Å²) in [5, 5.41) is 6.08. The summed E-state index contributed by atoms with van der Waals surface area (Å²) in [6.07, 6.45) is -0.290. The number of rotatable bonds is 8. The highest BCUT2D eigenvalue weighted by Crippen LogP contribution is 2.35. The Morgan fingerprint density at radius 3 is 2.59 bits per heavy atom. The van der Waals surface area contributed by atoms with Gasteiger partial charge in [-0.3, -0.25) is 0 Å². The van der Waals surface area contributed by atoms with Gasteiger partial charge in [-0.25, -0.2) is 9.59 Å². The van der Waals surface area contributed by atoms with Gasteiger partial charge in [-0.1, -0.05) is 29.8 Å². The van der Waals surface area contributed by atoms with E-state index in [1.165, 1.54) is 0 Å². The number of esters is 1. The van der Waals surface area contributed by atoms with Gasteiger partial charge in [-0.05, 0) is 63.1 Å². The zero-order chi connectivity index (χ0) is 23.3. The number of carbonyl (C=O) groups is 2. The van der Waals surface area contributed by atoms with Gasteiger partial charge in [0.25, 0.3) is 0 Å². The largest absolute Gasteiger partial charge is 0.490 e. The third-order valence-electron chi connectivity index (χ3n) is 4.72. The maximum Gasteiger partial charge on any atom is 0.338 e. The molecule has 0 aromatic heterocycles. The number of allylic oxidation sites excluding steroid dienone is 1. The maximum atomic E-state index is 12.7. The summed E-state index contributed by atoms with van der Waals surface area (Å²) in [6.45, 7) is 7.83. The van der Waals surface area contributed by atoms with Crippen LogP contribution in [0.2, 0.25) is 5.02 Å². The van der Waals surface area contributed by atoms with Gasteiger partial charge in [0.05, 0.1) is 24.3 Å². The first kappa shape index (κ1) is 23.5. The fraction of sp³-hybridized carbons (Fsp3) is 0.333. The van der Waals surface area contributed by atoms with Crippen LogP contribution in [0, 0.1) is 0 Å². The molecule has 7 nitrogen and oxygen atoms in total. The van der Waals surface area contributed by atoms with Crippen molar-refractivity contribution in [1.82, 2.24) is 10.6 Å². The molecule has 1 aliphatic rings. The smallest absolute Gasteiger partial charge is 0.338 e. The van der Waals surface area contributed by atoms with Crippen molar-refractivity contribution in [3.8, 4) is 11.5 Å². The van der Waals surface area contributed by atoms with Crippen LogP contribution in [0.25, 0.3) is 0 Å². The Morgan fingerprint density at radius 2 is 1.91 bits per heavy atom. The molecule has 2 N–H and O–H groups in total. The normalized spacial score (nSPS) is 15.8. The van der Waals surface area contributed by atoms with E-state index in [1.54, 1.807) is 45.0 Å². The molecule has 2 amide bonds. The molecule has 1 atom stereocenters. The van der Waals surface area contributed by atoms with Crippen LogP contribution >= 0.6 is 11.6 Å². The zero-order valence-electron chi connectivity index (χ0n) is 18.5. The van der Waals surface area contributed by atoms with Crippen LogP contribution in [0.3, 0.4) is 0 Å². The third kappa shape index (κ3) is 5.73. The van der Waals surface area contributed by atoms with Crippen LogP contribution in [0.15, 0.2) is 53.7 Å². The molecule has 2 aromatic carbocycles. The fourth-order valence-electron chi connectivity index (χ4n) is 3.37. The van der Waals surface area contributed by atoms with Gasteiger partial charge in [-0.2, -0.15) is 0 Å². The van der Waals surface area contributed by atoms with E-state index in [9.17, 15) is 9.59 Å². The van der Waals surface area contributed by atoms with E-state index in [2.05, 4.69) is 10.6 Å². The molecule has 0 fully saturated rings. The van der Waals surface area contributed by atoms with Gasteiger partial charge in [0.1, 0.15) is 6.61 Å².